The lowest BCUT2D eigenvalue weighted by Crippen LogP contribution is -2.52. The first-order valence-electron chi connectivity index (χ1n) is 10.5. The summed E-state index contributed by atoms with van der Waals surface area (Å²) in [6, 6.07) is 0.181. The monoisotopic (exact) mass is 421 g/mol. The Labute approximate surface area is 174 Å². The van der Waals surface area contributed by atoms with Crippen molar-refractivity contribution in [3.63, 3.8) is 0 Å². The maximum Gasteiger partial charge on any atom is 0.327 e. The second-order valence-electron chi connectivity index (χ2n) is 7.57. The van der Waals surface area contributed by atoms with Gasteiger partial charge in [0.05, 0.1) is 13.0 Å². The van der Waals surface area contributed by atoms with E-state index < -0.39 is 5.97 Å². The molecule has 1 aliphatic heterocycles. The lowest BCUT2D eigenvalue weighted by atomic mass is 10.1. The van der Waals surface area contributed by atoms with E-state index >= 15 is 0 Å². The maximum atomic E-state index is 12.4. The number of hydrogen-bond acceptors (Lipinski definition) is 8. The molecule has 0 aromatic carbocycles. The predicted molar refractivity (Wildman–Crippen MR) is 113 cm³/mol. The van der Waals surface area contributed by atoms with Crippen molar-refractivity contribution in [3.05, 3.63) is 10.5 Å². The number of nitrogens with two attached hydrogens (primary N) is 1. The van der Waals surface area contributed by atoms with Crippen LogP contribution in [0.5, 0.6) is 6.01 Å². The lowest BCUT2D eigenvalue weighted by Gasteiger charge is -2.35. The Balaban J connectivity index is 1.61. The first kappa shape index (κ1) is 22.0. The first-order valence-corrected chi connectivity index (χ1v) is 10.5. The number of carboxylic acids is 1. The molecule has 1 fully saturated rings. The minimum atomic E-state index is -0.784. The van der Waals surface area contributed by atoms with Crippen molar-refractivity contribution in [2.24, 2.45) is 0 Å². The standard InChI is InChI=1S/C19H31N7O4/c1-2-3-10-30-18-23-16(20)15-17(24-18)26(19(29)22-15)8-5-4-7-25-9-6-21-12-13(25)11-14(27)28/h13,21H,2-12H2,1H3,(H,22,29)(H,27,28)(H2,20,23,24). The fourth-order valence-electron chi connectivity index (χ4n) is 3.70. The van der Waals surface area contributed by atoms with E-state index in [-0.39, 0.29) is 30.0 Å². The van der Waals surface area contributed by atoms with E-state index in [0.717, 1.165) is 45.3 Å². The number of aryl methyl sites for hydroxylation is 1. The number of anilines is 1. The van der Waals surface area contributed by atoms with Crippen molar-refractivity contribution >= 4 is 23.0 Å². The number of unbranched alkanes of at least 4 members (excludes halogenated alkanes) is 2. The number of imidazole rings is 1. The third kappa shape index (κ3) is 5.48. The van der Waals surface area contributed by atoms with Crippen molar-refractivity contribution in [3.8, 4) is 6.01 Å². The highest BCUT2D eigenvalue weighted by molar-refractivity contribution is 5.81. The summed E-state index contributed by atoms with van der Waals surface area (Å²) in [7, 11) is 0. The van der Waals surface area contributed by atoms with Crippen LogP contribution < -0.4 is 21.5 Å². The quantitative estimate of drug-likeness (QED) is 0.378. The molecule has 0 bridgehead atoms. The van der Waals surface area contributed by atoms with Gasteiger partial charge in [-0.25, -0.2) is 4.79 Å². The highest BCUT2D eigenvalue weighted by Crippen LogP contribution is 2.18. The van der Waals surface area contributed by atoms with E-state index in [2.05, 4.69) is 32.1 Å². The second-order valence-corrected chi connectivity index (χ2v) is 7.57. The number of hydrogen-bond donors (Lipinski definition) is 4. The molecule has 11 heteroatoms. The predicted octanol–water partition coefficient (Wildman–Crippen LogP) is 0.409. The Bertz CT molecular complexity index is 910. The summed E-state index contributed by atoms with van der Waals surface area (Å²) in [5.74, 6) is -0.590. The van der Waals surface area contributed by atoms with Gasteiger partial charge in [0.15, 0.2) is 11.5 Å². The van der Waals surface area contributed by atoms with Crippen LogP contribution >= 0.6 is 0 Å². The van der Waals surface area contributed by atoms with Gasteiger partial charge < -0.3 is 25.9 Å². The molecule has 2 aromatic heterocycles. The Morgan fingerprint density at radius 1 is 1.30 bits per heavy atom. The molecule has 5 N–H and O–H groups in total. The van der Waals surface area contributed by atoms with Crippen LogP contribution in [0.1, 0.15) is 39.0 Å². The van der Waals surface area contributed by atoms with E-state index in [9.17, 15) is 9.59 Å². The van der Waals surface area contributed by atoms with Gasteiger partial charge in [-0.05, 0) is 25.8 Å². The highest BCUT2D eigenvalue weighted by Gasteiger charge is 2.24. The van der Waals surface area contributed by atoms with Crippen molar-refractivity contribution < 1.29 is 14.6 Å². The van der Waals surface area contributed by atoms with Crippen molar-refractivity contribution in [2.45, 2.75) is 51.6 Å². The van der Waals surface area contributed by atoms with Crippen LogP contribution in [-0.2, 0) is 11.3 Å². The van der Waals surface area contributed by atoms with Crippen molar-refractivity contribution in [1.82, 2.24) is 29.7 Å². The minimum absolute atomic E-state index is 0.00225. The molecule has 3 rings (SSSR count). The van der Waals surface area contributed by atoms with Crippen molar-refractivity contribution in [2.75, 3.05) is 38.5 Å². The molecular formula is C19H31N7O4. The number of carbonyl (C=O) groups is 1. The number of carboxylic acid groups (broad SMARTS) is 1. The largest absolute Gasteiger partial charge is 0.481 e. The van der Waals surface area contributed by atoms with Crippen LogP contribution in [0.15, 0.2) is 4.79 Å². The normalized spacial score (nSPS) is 17.4. The lowest BCUT2D eigenvalue weighted by molar-refractivity contribution is -0.138. The zero-order valence-corrected chi connectivity index (χ0v) is 17.4. The molecule has 0 aliphatic carbocycles. The van der Waals surface area contributed by atoms with Gasteiger partial charge in [0.25, 0.3) is 0 Å². The molecule has 0 saturated carbocycles. The Morgan fingerprint density at radius 2 is 2.10 bits per heavy atom. The van der Waals surface area contributed by atoms with E-state index in [1.165, 1.54) is 0 Å². The number of fused-ring (bicyclic) bond motifs is 1. The number of rotatable bonds is 11. The number of aromatic amines is 1. The molecule has 11 nitrogen and oxygen atoms in total. The minimum Gasteiger partial charge on any atom is -0.481 e. The molecular weight excluding hydrogens is 390 g/mol. The van der Waals surface area contributed by atoms with Gasteiger partial charge in [0, 0.05) is 32.2 Å². The first-order chi connectivity index (χ1) is 14.5. The number of ether oxygens (including phenoxy) is 1. The fraction of sp³-hybridized carbons (Fsp3) is 0.684. The van der Waals surface area contributed by atoms with Crippen LogP contribution in [-0.4, -0.2) is 74.3 Å². The molecule has 0 radical (unpaired) electrons. The number of nitrogens with one attached hydrogen (secondary N) is 2. The summed E-state index contributed by atoms with van der Waals surface area (Å²) in [6.45, 7) is 6.21. The number of piperazine rings is 1. The molecule has 30 heavy (non-hydrogen) atoms. The van der Waals surface area contributed by atoms with Crippen molar-refractivity contribution in [1.29, 1.82) is 0 Å². The number of aliphatic carboxylic acids is 1. The summed E-state index contributed by atoms with van der Waals surface area (Å²) in [4.78, 5) is 36.9. The highest BCUT2D eigenvalue weighted by atomic mass is 16.5. The average molecular weight is 422 g/mol. The fourth-order valence-corrected chi connectivity index (χ4v) is 3.70. The van der Waals surface area contributed by atoms with Gasteiger partial charge in [0.1, 0.15) is 5.52 Å². The zero-order chi connectivity index (χ0) is 21.5. The average Bonchev–Trinajstić information content (AvgIpc) is 3.02. The Morgan fingerprint density at radius 3 is 2.87 bits per heavy atom. The van der Waals surface area contributed by atoms with E-state index in [1.807, 2.05) is 0 Å². The molecule has 3 heterocycles. The summed E-state index contributed by atoms with van der Waals surface area (Å²) < 4.78 is 7.12. The summed E-state index contributed by atoms with van der Waals surface area (Å²) in [5.41, 5.74) is 6.57. The molecule has 0 spiro atoms. The molecule has 1 unspecified atom stereocenters. The summed E-state index contributed by atoms with van der Waals surface area (Å²) in [6.07, 6.45) is 3.61. The maximum absolute atomic E-state index is 12.4. The molecule has 2 aromatic rings. The molecule has 0 amide bonds. The zero-order valence-electron chi connectivity index (χ0n) is 17.4. The number of H-pyrrole nitrogens is 1. The van der Waals surface area contributed by atoms with Crippen LogP contribution in [0, 0.1) is 0 Å². The smallest absolute Gasteiger partial charge is 0.327 e. The van der Waals surface area contributed by atoms with E-state index in [0.29, 0.717) is 30.9 Å². The third-order valence-corrected chi connectivity index (χ3v) is 5.32. The Hall–Kier alpha value is -2.66. The Kier molecular flexibility index (Phi) is 7.63. The SMILES string of the molecule is CCCCOc1nc(N)c2[nH]c(=O)n(CCCCN3CCNCC3CC(=O)O)c2n1. The number of nitrogens with zero attached hydrogens (tertiary/aromatic N) is 4. The van der Waals surface area contributed by atoms with Gasteiger partial charge in [-0.1, -0.05) is 13.3 Å². The molecule has 1 saturated heterocycles. The van der Waals surface area contributed by atoms with Crippen LogP contribution in [0.25, 0.3) is 11.2 Å². The van der Waals surface area contributed by atoms with Gasteiger partial charge >= 0.3 is 17.7 Å². The van der Waals surface area contributed by atoms with Crippen LogP contribution in [0.4, 0.5) is 5.82 Å². The van der Waals surface area contributed by atoms with E-state index in [1.54, 1.807) is 4.57 Å². The number of nitrogen functional groups attached to an aromatic ring is 1. The summed E-state index contributed by atoms with van der Waals surface area (Å²) >= 11 is 0. The van der Waals surface area contributed by atoms with Gasteiger partial charge in [-0.3, -0.25) is 14.3 Å². The molecule has 1 aliphatic rings. The molecule has 1 atom stereocenters. The van der Waals surface area contributed by atoms with Gasteiger partial charge in [-0.15, -0.1) is 0 Å². The van der Waals surface area contributed by atoms with Gasteiger partial charge in [-0.2, -0.15) is 9.97 Å². The second kappa shape index (κ2) is 10.4. The third-order valence-electron chi connectivity index (χ3n) is 5.32. The van der Waals surface area contributed by atoms with Crippen LogP contribution in [0.2, 0.25) is 0 Å². The molecule has 166 valence electrons. The summed E-state index contributed by atoms with van der Waals surface area (Å²) in [5, 5.41) is 12.3. The van der Waals surface area contributed by atoms with Crippen LogP contribution in [0.3, 0.4) is 0 Å². The van der Waals surface area contributed by atoms with Gasteiger partial charge in [0.2, 0.25) is 0 Å². The number of aromatic nitrogens is 4. The van der Waals surface area contributed by atoms with E-state index in [4.69, 9.17) is 15.6 Å². The topological polar surface area (TPSA) is 151 Å².